The van der Waals surface area contributed by atoms with Crippen LogP contribution in [0.5, 0.6) is 0 Å². The third kappa shape index (κ3) is 3.73. The summed E-state index contributed by atoms with van der Waals surface area (Å²) in [4.78, 5) is 13.1. The lowest BCUT2D eigenvalue weighted by molar-refractivity contribution is -0.384. The van der Waals surface area contributed by atoms with Crippen LogP contribution in [0.1, 0.15) is 28.4 Å². The Morgan fingerprint density at radius 3 is 2.72 bits per heavy atom. The van der Waals surface area contributed by atoms with Gasteiger partial charge in [0.15, 0.2) is 5.11 Å². The minimum absolute atomic E-state index is 0.0828. The molecule has 1 aliphatic rings. The first-order valence-electron chi connectivity index (χ1n) is 9.48. The molecular weight excluding hydrogens is 384 g/mol. The van der Waals surface area contributed by atoms with Gasteiger partial charge in [0.05, 0.1) is 11.0 Å². The van der Waals surface area contributed by atoms with Crippen molar-refractivity contribution in [3.05, 3.63) is 93.3 Å². The standard InChI is InChI=1S/C22H22N4O2S/c1-15-8-9-19(16(2)13-15)23-22(29)25-12-11-24-10-4-7-20(24)21(25)17-5-3-6-18(14-17)26(27)28/h3-10,13-14,21H,11-12H2,1-2H3,(H,23,29). The molecule has 1 aromatic heterocycles. The number of nitrogens with one attached hydrogen (secondary N) is 1. The van der Waals surface area contributed by atoms with Gasteiger partial charge in [0.25, 0.3) is 5.69 Å². The molecule has 0 aliphatic carbocycles. The highest BCUT2D eigenvalue weighted by molar-refractivity contribution is 7.80. The molecule has 0 radical (unpaired) electrons. The first-order valence-corrected chi connectivity index (χ1v) is 9.89. The number of hydrogen-bond donors (Lipinski definition) is 1. The van der Waals surface area contributed by atoms with E-state index in [4.69, 9.17) is 12.2 Å². The minimum Gasteiger partial charge on any atom is -0.348 e. The second kappa shape index (κ2) is 7.67. The Morgan fingerprint density at radius 2 is 1.97 bits per heavy atom. The summed E-state index contributed by atoms with van der Waals surface area (Å²) >= 11 is 5.78. The number of aromatic nitrogens is 1. The first kappa shape index (κ1) is 19.1. The average Bonchev–Trinajstić information content (AvgIpc) is 3.18. The topological polar surface area (TPSA) is 63.3 Å². The first-order chi connectivity index (χ1) is 13.9. The van der Waals surface area contributed by atoms with Crippen molar-refractivity contribution in [1.82, 2.24) is 9.47 Å². The van der Waals surface area contributed by atoms with Crippen molar-refractivity contribution >= 4 is 28.7 Å². The normalized spacial score (nSPS) is 15.7. The van der Waals surface area contributed by atoms with Gasteiger partial charge in [-0.15, -0.1) is 0 Å². The average molecular weight is 407 g/mol. The Morgan fingerprint density at radius 1 is 1.14 bits per heavy atom. The summed E-state index contributed by atoms with van der Waals surface area (Å²) < 4.78 is 2.18. The maximum absolute atomic E-state index is 11.3. The van der Waals surface area contributed by atoms with Crippen LogP contribution in [0.25, 0.3) is 0 Å². The summed E-state index contributed by atoms with van der Waals surface area (Å²) in [6.45, 7) is 5.64. The molecule has 1 unspecified atom stereocenters. The van der Waals surface area contributed by atoms with Crippen LogP contribution in [0, 0.1) is 24.0 Å². The lowest BCUT2D eigenvalue weighted by Gasteiger charge is -2.39. The van der Waals surface area contributed by atoms with Crippen LogP contribution in [0.3, 0.4) is 0 Å². The predicted molar refractivity (Wildman–Crippen MR) is 118 cm³/mol. The van der Waals surface area contributed by atoms with E-state index in [9.17, 15) is 10.1 Å². The molecule has 1 N–H and O–H groups in total. The van der Waals surface area contributed by atoms with E-state index in [1.54, 1.807) is 12.1 Å². The molecule has 0 fully saturated rings. The molecule has 6 nitrogen and oxygen atoms in total. The highest BCUT2D eigenvalue weighted by Crippen LogP contribution is 2.34. The van der Waals surface area contributed by atoms with Crippen molar-refractivity contribution in [2.24, 2.45) is 0 Å². The van der Waals surface area contributed by atoms with Crippen molar-refractivity contribution in [1.29, 1.82) is 0 Å². The molecule has 0 saturated carbocycles. The number of rotatable bonds is 3. The van der Waals surface area contributed by atoms with Gasteiger partial charge in [0, 0.05) is 42.8 Å². The number of nitrogens with zero attached hydrogens (tertiary/aromatic N) is 3. The number of non-ortho nitro benzene ring substituents is 1. The maximum Gasteiger partial charge on any atom is 0.269 e. The number of thiocarbonyl (C=S) groups is 1. The summed E-state index contributed by atoms with van der Waals surface area (Å²) in [5.41, 5.74) is 5.30. The van der Waals surface area contributed by atoms with E-state index in [1.165, 1.54) is 11.6 Å². The van der Waals surface area contributed by atoms with E-state index in [-0.39, 0.29) is 16.7 Å². The molecule has 0 bridgehead atoms. The van der Waals surface area contributed by atoms with Gasteiger partial charge in [0.1, 0.15) is 0 Å². The second-order valence-corrected chi connectivity index (χ2v) is 7.71. The SMILES string of the molecule is Cc1ccc(NC(=S)N2CCn3cccc3C2c2cccc([N+](=O)[O-])c2)c(C)c1. The van der Waals surface area contributed by atoms with Crippen molar-refractivity contribution in [2.75, 3.05) is 11.9 Å². The molecule has 0 amide bonds. The number of anilines is 1. The third-order valence-corrected chi connectivity index (χ3v) is 5.66. The Labute approximate surface area is 174 Å². The number of fused-ring (bicyclic) bond motifs is 1. The fraction of sp³-hybridized carbons (Fsp3) is 0.227. The lowest BCUT2D eigenvalue weighted by atomic mass is 9.99. The monoisotopic (exact) mass is 406 g/mol. The van der Waals surface area contributed by atoms with Gasteiger partial charge in [-0.2, -0.15) is 0 Å². The van der Waals surface area contributed by atoms with E-state index in [2.05, 4.69) is 46.8 Å². The predicted octanol–water partition coefficient (Wildman–Crippen LogP) is 4.82. The van der Waals surface area contributed by atoms with Crippen LogP contribution in [-0.2, 0) is 6.54 Å². The fourth-order valence-corrected chi connectivity index (χ4v) is 4.21. The Kier molecular flexibility index (Phi) is 5.07. The van der Waals surface area contributed by atoms with Crippen molar-refractivity contribution in [2.45, 2.75) is 26.4 Å². The van der Waals surface area contributed by atoms with E-state index in [0.29, 0.717) is 11.7 Å². The third-order valence-electron chi connectivity index (χ3n) is 5.32. The number of benzene rings is 2. The molecule has 148 valence electrons. The zero-order valence-corrected chi connectivity index (χ0v) is 17.1. The van der Waals surface area contributed by atoms with Gasteiger partial charge >= 0.3 is 0 Å². The summed E-state index contributed by atoms with van der Waals surface area (Å²) in [7, 11) is 0. The molecule has 1 aliphatic heterocycles. The van der Waals surface area contributed by atoms with Crippen LogP contribution in [0.15, 0.2) is 60.8 Å². The molecule has 0 saturated heterocycles. The van der Waals surface area contributed by atoms with Crippen molar-refractivity contribution in [3.8, 4) is 0 Å². The van der Waals surface area contributed by atoms with E-state index in [0.717, 1.165) is 29.1 Å². The van der Waals surface area contributed by atoms with Crippen LogP contribution >= 0.6 is 12.2 Å². The van der Waals surface area contributed by atoms with Crippen LogP contribution in [0.4, 0.5) is 11.4 Å². The van der Waals surface area contributed by atoms with Gasteiger partial charge in [-0.3, -0.25) is 10.1 Å². The fourth-order valence-electron chi connectivity index (χ4n) is 3.90. The quantitative estimate of drug-likeness (QED) is 0.384. The summed E-state index contributed by atoms with van der Waals surface area (Å²) in [6.07, 6.45) is 2.04. The molecule has 2 heterocycles. The highest BCUT2D eigenvalue weighted by atomic mass is 32.1. The molecule has 7 heteroatoms. The summed E-state index contributed by atoms with van der Waals surface area (Å²) in [6, 6.07) is 16.9. The zero-order valence-electron chi connectivity index (χ0n) is 16.3. The number of nitro benzene ring substituents is 1. The van der Waals surface area contributed by atoms with E-state index < -0.39 is 0 Å². The summed E-state index contributed by atoms with van der Waals surface area (Å²) in [5.74, 6) is 0. The van der Waals surface area contributed by atoms with Gasteiger partial charge < -0.3 is 14.8 Å². The Hall–Kier alpha value is -3.19. The van der Waals surface area contributed by atoms with Gasteiger partial charge in [-0.25, -0.2) is 0 Å². The molecule has 29 heavy (non-hydrogen) atoms. The van der Waals surface area contributed by atoms with E-state index >= 15 is 0 Å². The molecule has 4 rings (SSSR count). The number of aryl methyl sites for hydroxylation is 2. The van der Waals surface area contributed by atoms with Gasteiger partial charge in [0.2, 0.25) is 0 Å². The number of nitro groups is 1. The largest absolute Gasteiger partial charge is 0.348 e. The van der Waals surface area contributed by atoms with Crippen LogP contribution in [0.2, 0.25) is 0 Å². The highest BCUT2D eigenvalue weighted by Gasteiger charge is 2.31. The summed E-state index contributed by atoms with van der Waals surface area (Å²) in [5, 5.41) is 15.3. The minimum atomic E-state index is -0.359. The van der Waals surface area contributed by atoms with Crippen LogP contribution < -0.4 is 5.32 Å². The Bertz CT molecular complexity index is 1090. The van der Waals surface area contributed by atoms with Crippen molar-refractivity contribution < 1.29 is 4.92 Å². The molecule has 3 aromatic rings. The molecular formula is C22H22N4O2S. The van der Waals surface area contributed by atoms with Crippen LogP contribution in [-0.4, -0.2) is 26.0 Å². The van der Waals surface area contributed by atoms with Crippen molar-refractivity contribution in [3.63, 3.8) is 0 Å². The van der Waals surface area contributed by atoms with Gasteiger partial charge in [-0.05, 0) is 55.4 Å². The number of hydrogen-bond acceptors (Lipinski definition) is 3. The molecule has 2 aromatic carbocycles. The zero-order chi connectivity index (χ0) is 20.5. The smallest absolute Gasteiger partial charge is 0.269 e. The lowest BCUT2D eigenvalue weighted by Crippen LogP contribution is -2.44. The maximum atomic E-state index is 11.3. The van der Waals surface area contributed by atoms with Gasteiger partial charge in [-0.1, -0.05) is 29.8 Å². The second-order valence-electron chi connectivity index (χ2n) is 7.32. The molecule has 1 atom stereocenters. The Balaban J connectivity index is 1.70. The molecule has 0 spiro atoms. The van der Waals surface area contributed by atoms with E-state index in [1.807, 2.05) is 24.4 Å².